The Bertz CT molecular complexity index is 1970. The largest absolute Gasteiger partial charge is 0.493 e. The molecule has 3 aliphatic rings. The van der Waals surface area contributed by atoms with Crippen molar-refractivity contribution in [3.05, 3.63) is 87.3 Å². The highest BCUT2D eigenvalue weighted by molar-refractivity contribution is 8.26. The van der Waals surface area contributed by atoms with Gasteiger partial charge in [0, 0.05) is 56.9 Å². The molecule has 0 aromatic heterocycles. The second kappa shape index (κ2) is 19.2. The summed E-state index contributed by atoms with van der Waals surface area (Å²) in [6.07, 6.45) is -7.58. The normalized spacial score (nSPS) is 18.0. The molecule has 18 heteroatoms. The van der Waals surface area contributed by atoms with Gasteiger partial charge in [-0.1, -0.05) is 30.0 Å². The number of hydrogen-bond acceptors (Lipinski definition) is 10. The van der Waals surface area contributed by atoms with Crippen molar-refractivity contribution in [1.82, 2.24) is 14.7 Å². The number of nitrogens with zero attached hydrogens (tertiary/aromatic N) is 3. The van der Waals surface area contributed by atoms with E-state index in [1.54, 1.807) is 12.1 Å². The minimum atomic E-state index is -5.03. The van der Waals surface area contributed by atoms with Gasteiger partial charge in [0.1, 0.15) is 15.8 Å². The first kappa shape index (κ1) is 43.4. The van der Waals surface area contributed by atoms with Gasteiger partial charge in [0.25, 0.3) is 5.91 Å². The van der Waals surface area contributed by atoms with E-state index in [0.717, 1.165) is 31.4 Å². The van der Waals surface area contributed by atoms with Gasteiger partial charge in [-0.05, 0) is 78.6 Å². The van der Waals surface area contributed by atoms with Gasteiger partial charge in [0.15, 0.2) is 0 Å². The third-order valence-electron chi connectivity index (χ3n) is 9.66. The molecular formula is C40H41F6N3O7S2. The molecule has 58 heavy (non-hydrogen) atoms. The van der Waals surface area contributed by atoms with Crippen molar-refractivity contribution in [3.63, 3.8) is 0 Å². The van der Waals surface area contributed by atoms with Crippen LogP contribution in [0.3, 0.4) is 0 Å². The quantitative estimate of drug-likeness (QED) is 0.0705. The van der Waals surface area contributed by atoms with Gasteiger partial charge < -0.3 is 24.1 Å². The molecule has 3 aromatic carbocycles. The molecule has 0 saturated carbocycles. The zero-order valence-corrected chi connectivity index (χ0v) is 32.8. The van der Waals surface area contributed by atoms with Crippen molar-refractivity contribution in [2.24, 2.45) is 0 Å². The smallest absolute Gasteiger partial charge is 0.416 e. The molecule has 0 spiro atoms. The molecule has 3 aromatic rings. The summed E-state index contributed by atoms with van der Waals surface area (Å²) in [7, 11) is 0. The highest BCUT2D eigenvalue weighted by Gasteiger charge is 2.37. The number of carbonyl (C=O) groups excluding carboxylic acids is 1. The van der Waals surface area contributed by atoms with Gasteiger partial charge in [-0.15, -0.1) is 0 Å². The molecule has 6 rings (SSSR count). The predicted molar refractivity (Wildman–Crippen MR) is 209 cm³/mol. The molecule has 0 radical (unpaired) electrons. The van der Waals surface area contributed by atoms with E-state index < -0.39 is 35.4 Å². The van der Waals surface area contributed by atoms with Gasteiger partial charge in [-0.25, -0.2) is 4.79 Å². The molecule has 312 valence electrons. The fraction of sp³-hybridized carbons (Fsp3) is 0.425. The van der Waals surface area contributed by atoms with E-state index in [9.17, 15) is 41.0 Å². The summed E-state index contributed by atoms with van der Waals surface area (Å²) in [5, 5.41) is 9.54. The number of carbonyl (C=O) groups is 2. The van der Waals surface area contributed by atoms with Crippen LogP contribution in [-0.4, -0.2) is 115 Å². The SMILES string of the molecule is O=C(O)c1ccc(OCCCN2C(=O)/C(=C/c3cc(-c4cc(C(F)(F)F)cc(C(F)(F)F)c4)ccc3OCCCN3CCOCC3)SC2=S)c(CN2CCOCC2)c1. The lowest BCUT2D eigenvalue weighted by molar-refractivity contribution is -0.143. The zero-order valence-electron chi connectivity index (χ0n) is 31.2. The maximum Gasteiger partial charge on any atom is 0.416 e. The fourth-order valence-corrected chi connectivity index (χ4v) is 7.90. The van der Waals surface area contributed by atoms with Crippen molar-refractivity contribution in [1.29, 1.82) is 0 Å². The second-order valence-corrected chi connectivity index (χ2v) is 15.4. The average Bonchev–Trinajstić information content (AvgIpc) is 3.46. The van der Waals surface area contributed by atoms with E-state index in [4.69, 9.17) is 31.2 Å². The summed E-state index contributed by atoms with van der Waals surface area (Å²) in [6, 6.07) is 10.3. The molecule has 3 heterocycles. The highest BCUT2D eigenvalue weighted by atomic mass is 32.2. The lowest BCUT2D eigenvalue weighted by Crippen LogP contribution is -2.37. The van der Waals surface area contributed by atoms with Crippen molar-refractivity contribution >= 4 is 46.3 Å². The maximum absolute atomic E-state index is 13.7. The summed E-state index contributed by atoms with van der Waals surface area (Å²) in [6.45, 7) is 7.15. The van der Waals surface area contributed by atoms with Gasteiger partial charge in [-0.2, -0.15) is 26.3 Å². The van der Waals surface area contributed by atoms with E-state index in [1.807, 2.05) is 0 Å². The molecule has 3 saturated heterocycles. The zero-order chi connectivity index (χ0) is 41.5. The topological polar surface area (TPSA) is 101 Å². The van der Waals surface area contributed by atoms with Crippen LogP contribution in [0, 0.1) is 0 Å². The number of morpholine rings is 2. The van der Waals surface area contributed by atoms with Gasteiger partial charge in [0.05, 0.1) is 61.2 Å². The Kier molecular flexibility index (Phi) is 14.4. The summed E-state index contributed by atoms with van der Waals surface area (Å²) < 4.78 is 106. The predicted octanol–water partition coefficient (Wildman–Crippen LogP) is 7.69. The second-order valence-electron chi connectivity index (χ2n) is 13.8. The number of thiocarbonyl (C=S) groups is 1. The minimum absolute atomic E-state index is 0.0560. The van der Waals surface area contributed by atoms with Crippen LogP contribution in [0.4, 0.5) is 26.3 Å². The molecule has 1 amide bonds. The molecular weight excluding hydrogens is 813 g/mol. The number of hydrogen-bond donors (Lipinski definition) is 1. The van der Waals surface area contributed by atoms with Crippen molar-refractivity contribution in [2.75, 3.05) is 78.9 Å². The monoisotopic (exact) mass is 853 g/mol. The van der Waals surface area contributed by atoms with E-state index in [-0.39, 0.29) is 63.1 Å². The first-order valence-electron chi connectivity index (χ1n) is 18.6. The molecule has 0 bridgehead atoms. The average molecular weight is 854 g/mol. The number of carboxylic acid groups (broad SMARTS) is 1. The Morgan fingerprint density at radius 1 is 0.776 bits per heavy atom. The van der Waals surface area contributed by atoms with Crippen LogP contribution in [0.25, 0.3) is 17.2 Å². The Labute approximate surface area is 340 Å². The molecule has 0 unspecified atom stereocenters. The lowest BCUT2D eigenvalue weighted by Gasteiger charge is -2.27. The Morgan fingerprint density at radius 2 is 1.36 bits per heavy atom. The number of amides is 1. The Hall–Kier alpha value is -4.20. The van der Waals surface area contributed by atoms with Crippen molar-refractivity contribution in [2.45, 2.75) is 31.7 Å². The van der Waals surface area contributed by atoms with Crippen molar-refractivity contribution < 1.29 is 60.0 Å². The number of carboxylic acids is 1. The number of rotatable bonds is 15. The van der Waals surface area contributed by atoms with Crippen LogP contribution < -0.4 is 9.47 Å². The number of thioether (sulfide) groups is 1. The van der Waals surface area contributed by atoms with E-state index in [2.05, 4.69) is 9.80 Å². The number of benzene rings is 3. The molecule has 3 fully saturated rings. The van der Waals surface area contributed by atoms with E-state index in [1.165, 1.54) is 35.2 Å². The lowest BCUT2D eigenvalue weighted by atomic mass is 9.97. The summed E-state index contributed by atoms with van der Waals surface area (Å²) in [4.78, 5) is 31.3. The first-order valence-corrected chi connectivity index (χ1v) is 19.8. The fourth-order valence-electron chi connectivity index (χ4n) is 6.60. The molecule has 10 nitrogen and oxygen atoms in total. The van der Waals surface area contributed by atoms with Crippen LogP contribution in [0.2, 0.25) is 0 Å². The summed E-state index contributed by atoms with van der Waals surface area (Å²) in [5.74, 6) is -0.690. The van der Waals surface area contributed by atoms with E-state index >= 15 is 0 Å². The Morgan fingerprint density at radius 3 is 1.98 bits per heavy atom. The van der Waals surface area contributed by atoms with Gasteiger partial charge >= 0.3 is 18.3 Å². The molecule has 3 aliphatic heterocycles. The van der Waals surface area contributed by atoms with Crippen LogP contribution >= 0.6 is 24.0 Å². The maximum atomic E-state index is 13.7. The van der Waals surface area contributed by atoms with Crippen LogP contribution in [0.5, 0.6) is 11.5 Å². The molecule has 0 aliphatic carbocycles. The van der Waals surface area contributed by atoms with Crippen LogP contribution in [0.1, 0.15) is 45.5 Å². The molecule has 0 atom stereocenters. The van der Waals surface area contributed by atoms with Crippen LogP contribution in [0.15, 0.2) is 59.5 Å². The number of ether oxygens (including phenoxy) is 4. The van der Waals surface area contributed by atoms with Gasteiger partial charge in [0.2, 0.25) is 0 Å². The third-order valence-corrected chi connectivity index (χ3v) is 11.0. The number of aromatic carboxylic acids is 1. The van der Waals surface area contributed by atoms with E-state index in [0.29, 0.717) is 82.3 Å². The highest BCUT2D eigenvalue weighted by Crippen LogP contribution is 2.41. The third kappa shape index (κ3) is 11.5. The van der Waals surface area contributed by atoms with Crippen LogP contribution in [-0.2, 0) is 33.2 Å². The Balaban J connectivity index is 1.18. The number of alkyl halides is 6. The summed E-state index contributed by atoms with van der Waals surface area (Å²) >= 11 is 6.55. The van der Waals surface area contributed by atoms with Gasteiger partial charge in [-0.3, -0.25) is 19.5 Å². The summed E-state index contributed by atoms with van der Waals surface area (Å²) in [5.41, 5.74) is -2.04. The minimum Gasteiger partial charge on any atom is -0.493 e. The molecule has 1 N–H and O–H groups in total. The first-order chi connectivity index (χ1) is 27.7. The number of halogens is 6. The standard InChI is InChI=1S/C40H41F6N3O7S2/c41-39(42,43)31-21-28(22-32(24-31)40(44,45)46)26-3-5-33(55-13-1-7-47-9-15-53-16-10-47)29(19-26)23-35-36(50)49(38(57)58-35)8-2-14-56-34-6-4-27(37(51)52)20-30(34)25-48-11-17-54-18-12-48/h3-6,19-24H,1-2,7-18,25H2,(H,51,52)/b35-23-. The van der Waals surface area contributed by atoms with Crippen molar-refractivity contribution in [3.8, 4) is 22.6 Å².